The number of hydrogen-bond donors (Lipinski definition) is 0. The Kier molecular flexibility index (Phi) is 6.82. The zero-order valence-corrected chi connectivity index (χ0v) is 29.3. The summed E-state index contributed by atoms with van der Waals surface area (Å²) in [5.41, 5.74) is 13.0. The molecule has 0 amide bonds. The van der Waals surface area contributed by atoms with Gasteiger partial charge in [-0.3, -0.25) is 4.57 Å². The highest BCUT2D eigenvalue weighted by Gasteiger charge is 2.20. The Balaban J connectivity index is 1.16. The van der Waals surface area contributed by atoms with Crippen molar-refractivity contribution in [1.82, 2.24) is 19.1 Å². The molecule has 4 heteroatoms. The van der Waals surface area contributed by atoms with E-state index in [0.717, 1.165) is 83.5 Å². The molecule has 0 bridgehead atoms. The number of aromatic nitrogens is 4. The van der Waals surface area contributed by atoms with E-state index in [0.29, 0.717) is 0 Å². The summed E-state index contributed by atoms with van der Waals surface area (Å²) in [7, 11) is 0. The first-order valence-electron chi connectivity index (χ1n) is 18.3. The molecule has 0 spiro atoms. The standard InChI is InChI=1S/C50H32N4/c1-4-15-33(16-5-1)47-40-24-11-10-23-39(40)41-28-29-42-43-32-35(27-30-45(43)53(49(42)48(41)52-47)37-19-6-2-7-20-37)34-17-14-18-36(31-34)50-51-44-25-12-13-26-46(44)54(50)38-21-8-3-9-22-38/h1-32H. The Morgan fingerprint density at radius 3 is 1.74 bits per heavy atom. The van der Waals surface area contributed by atoms with Crippen LogP contribution in [0, 0.1) is 0 Å². The fourth-order valence-electron chi connectivity index (χ4n) is 8.25. The van der Waals surface area contributed by atoms with Crippen LogP contribution in [0.4, 0.5) is 0 Å². The van der Waals surface area contributed by atoms with Gasteiger partial charge in [-0.05, 0) is 71.1 Å². The minimum atomic E-state index is 0.921. The molecule has 252 valence electrons. The molecule has 8 aromatic carbocycles. The summed E-state index contributed by atoms with van der Waals surface area (Å²) in [6, 6.07) is 68.9. The highest BCUT2D eigenvalue weighted by molar-refractivity contribution is 6.23. The lowest BCUT2D eigenvalue weighted by Crippen LogP contribution is -1.97. The second-order valence-electron chi connectivity index (χ2n) is 13.8. The molecule has 0 fully saturated rings. The van der Waals surface area contributed by atoms with Crippen LogP contribution in [0.3, 0.4) is 0 Å². The smallest absolute Gasteiger partial charge is 0.145 e. The molecule has 4 nitrogen and oxygen atoms in total. The second-order valence-corrected chi connectivity index (χ2v) is 13.8. The maximum atomic E-state index is 5.53. The van der Waals surface area contributed by atoms with Crippen LogP contribution in [0.25, 0.3) is 99.7 Å². The van der Waals surface area contributed by atoms with Crippen molar-refractivity contribution in [3.8, 4) is 45.1 Å². The van der Waals surface area contributed by atoms with E-state index in [9.17, 15) is 0 Å². The fraction of sp³-hybridized carbons (Fsp3) is 0. The average molecular weight is 689 g/mol. The third-order valence-electron chi connectivity index (χ3n) is 10.7. The van der Waals surface area contributed by atoms with Gasteiger partial charge in [0.25, 0.3) is 0 Å². The normalized spacial score (nSPS) is 11.7. The predicted molar refractivity (Wildman–Crippen MR) is 225 cm³/mol. The minimum absolute atomic E-state index is 0.921. The van der Waals surface area contributed by atoms with Crippen molar-refractivity contribution in [2.45, 2.75) is 0 Å². The van der Waals surface area contributed by atoms with Crippen molar-refractivity contribution in [2.24, 2.45) is 0 Å². The van der Waals surface area contributed by atoms with Gasteiger partial charge in [0.15, 0.2) is 0 Å². The lowest BCUT2D eigenvalue weighted by atomic mass is 9.98. The van der Waals surface area contributed by atoms with E-state index in [4.69, 9.17) is 9.97 Å². The highest BCUT2D eigenvalue weighted by Crippen LogP contribution is 2.42. The first kappa shape index (κ1) is 30.3. The number of imidazole rings is 1. The summed E-state index contributed by atoms with van der Waals surface area (Å²) >= 11 is 0. The molecular weight excluding hydrogens is 657 g/mol. The van der Waals surface area contributed by atoms with Gasteiger partial charge in [0.05, 0.1) is 33.3 Å². The third-order valence-corrected chi connectivity index (χ3v) is 10.7. The van der Waals surface area contributed by atoms with Gasteiger partial charge < -0.3 is 4.57 Å². The predicted octanol–water partition coefficient (Wildman–Crippen LogP) is 12.8. The number of rotatable bonds is 5. The lowest BCUT2D eigenvalue weighted by Gasteiger charge is -2.13. The van der Waals surface area contributed by atoms with Crippen molar-refractivity contribution in [3.05, 3.63) is 194 Å². The molecule has 0 aliphatic carbocycles. The van der Waals surface area contributed by atoms with Crippen LogP contribution < -0.4 is 0 Å². The van der Waals surface area contributed by atoms with Crippen molar-refractivity contribution >= 4 is 54.5 Å². The van der Waals surface area contributed by atoms with Gasteiger partial charge in [0.2, 0.25) is 0 Å². The molecular formula is C50H32N4. The molecule has 0 N–H and O–H groups in total. The van der Waals surface area contributed by atoms with Gasteiger partial charge in [-0.25, -0.2) is 9.97 Å². The molecule has 3 aromatic heterocycles. The Morgan fingerprint density at radius 2 is 0.944 bits per heavy atom. The van der Waals surface area contributed by atoms with Crippen LogP contribution in [0.1, 0.15) is 0 Å². The number of para-hydroxylation sites is 4. The second kappa shape index (κ2) is 12.1. The average Bonchev–Trinajstić information content (AvgIpc) is 3.81. The molecule has 54 heavy (non-hydrogen) atoms. The van der Waals surface area contributed by atoms with Crippen molar-refractivity contribution in [2.75, 3.05) is 0 Å². The Hall–Kier alpha value is -7.30. The molecule has 0 aliphatic rings. The Labute approximate surface area is 311 Å². The van der Waals surface area contributed by atoms with Gasteiger partial charge >= 0.3 is 0 Å². The molecule has 0 radical (unpaired) electrons. The van der Waals surface area contributed by atoms with Gasteiger partial charge in [-0.15, -0.1) is 0 Å². The van der Waals surface area contributed by atoms with E-state index in [-0.39, 0.29) is 0 Å². The molecule has 0 aliphatic heterocycles. The largest absolute Gasteiger partial charge is 0.307 e. The van der Waals surface area contributed by atoms with Crippen LogP contribution in [0.5, 0.6) is 0 Å². The highest BCUT2D eigenvalue weighted by atomic mass is 15.1. The SMILES string of the molecule is c1ccc(-c2nc3c(ccc4c5cc(-c6cccc(-c7nc8ccccc8n7-c7ccccc7)c6)ccc5n(-c5ccccc5)c43)c3ccccc23)cc1. The van der Waals surface area contributed by atoms with E-state index in [2.05, 4.69) is 203 Å². The van der Waals surface area contributed by atoms with Gasteiger partial charge in [0, 0.05) is 44.0 Å². The number of benzene rings is 8. The van der Waals surface area contributed by atoms with Crippen molar-refractivity contribution in [3.63, 3.8) is 0 Å². The summed E-state index contributed by atoms with van der Waals surface area (Å²) in [4.78, 5) is 10.7. The molecule has 0 unspecified atom stereocenters. The summed E-state index contributed by atoms with van der Waals surface area (Å²) in [6.45, 7) is 0. The molecule has 0 atom stereocenters. The Bertz CT molecular complexity index is 3200. The minimum Gasteiger partial charge on any atom is -0.307 e. The molecule has 0 saturated carbocycles. The number of hydrogen-bond acceptors (Lipinski definition) is 2. The van der Waals surface area contributed by atoms with Crippen LogP contribution in [-0.2, 0) is 0 Å². The number of fused-ring (bicyclic) bond motifs is 8. The first-order chi connectivity index (χ1) is 26.8. The van der Waals surface area contributed by atoms with Gasteiger partial charge in [0.1, 0.15) is 5.82 Å². The summed E-state index contributed by atoms with van der Waals surface area (Å²) in [5, 5.41) is 5.86. The summed E-state index contributed by atoms with van der Waals surface area (Å²) in [5.74, 6) is 0.921. The monoisotopic (exact) mass is 688 g/mol. The van der Waals surface area contributed by atoms with Crippen LogP contribution in [0.2, 0.25) is 0 Å². The van der Waals surface area contributed by atoms with Gasteiger partial charge in [-0.2, -0.15) is 0 Å². The number of pyridine rings is 1. The van der Waals surface area contributed by atoms with E-state index < -0.39 is 0 Å². The first-order valence-corrected chi connectivity index (χ1v) is 18.3. The quantitative estimate of drug-likeness (QED) is 0.169. The van der Waals surface area contributed by atoms with Crippen molar-refractivity contribution < 1.29 is 0 Å². The fourth-order valence-corrected chi connectivity index (χ4v) is 8.25. The summed E-state index contributed by atoms with van der Waals surface area (Å²) in [6.07, 6.45) is 0. The molecule has 11 aromatic rings. The molecule has 0 saturated heterocycles. The zero-order chi connectivity index (χ0) is 35.6. The summed E-state index contributed by atoms with van der Waals surface area (Å²) < 4.78 is 4.66. The Morgan fingerprint density at radius 1 is 0.333 bits per heavy atom. The van der Waals surface area contributed by atoms with E-state index in [1.54, 1.807) is 0 Å². The third kappa shape index (κ3) is 4.70. The van der Waals surface area contributed by atoms with Crippen molar-refractivity contribution in [1.29, 1.82) is 0 Å². The van der Waals surface area contributed by atoms with E-state index in [1.807, 2.05) is 0 Å². The van der Waals surface area contributed by atoms with Crippen LogP contribution >= 0.6 is 0 Å². The molecule has 11 rings (SSSR count). The van der Waals surface area contributed by atoms with E-state index in [1.165, 1.54) is 16.2 Å². The molecule has 3 heterocycles. The number of nitrogens with zero attached hydrogens (tertiary/aromatic N) is 4. The zero-order valence-electron chi connectivity index (χ0n) is 29.3. The lowest BCUT2D eigenvalue weighted by molar-refractivity contribution is 1.10. The maximum Gasteiger partial charge on any atom is 0.145 e. The van der Waals surface area contributed by atoms with Crippen LogP contribution in [0.15, 0.2) is 194 Å². The van der Waals surface area contributed by atoms with E-state index >= 15 is 0 Å². The maximum absolute atomic E-state index is 5.53. The van der Waals surface area contributed by atoms with Gasteiger partial charge in [-0.1, -0.05) is 140 Å². The van der Waals surface area contributed by atoms with Crippen LogP contribution in [-0.4, -0.2) is 19.1 Å². The topological polar surface area (TPSA) is 35.6 Å².